The van der Waals surface area contributed by atoms with E-state index in [-0.39, 0.29) is 17.3 Å². The van der Waals surface area contributed by atoms with E-state index in [9.17, 15) is 10.1 Å². The molecule has 0 radical (unpaired) electrons. The van der Waals surface area contributed by atoms with Gasteiger partial charge in [-0.05, 0) is 35.9 Å². The largest absolute Gasteiger partial charge is 0.497 e. The number of anilines is 3. The van der Waals surface area contributed by atoms with E-state index in [0.717, 1.165) is 15.8 Å². The first-order valence-electron chi connectivity index (χ1n) is 7.95. The summed E-state index contributed by atoms with van der Waals surface area (Å²) >= 11 is 3.37. The molecule has 0 aliphatic rings. The highest BCUT2D eigenvalue weighted by Gasteiger charge is 2.23. The van der Waals surface area contributed by atoms with Crippen LogP contribution in [0.15, 0.2) is 59.3 Å². The molecule has 138 valence electrons. The second kappa shape index (κ2) is 8.45. The summed E-state index contributed by atoms with van der Waals surface area (Å²) in [5.41, 5.74) is 1.39. The van der Waals surface area contributed by atoms with Gasteiger partial charge in [0.05, 0.1) is 12.0 Å². The summed E-state index contributed by atoms with van der Waals surface area (Å²) in [6.45, 7) is 0.373. The summed E-state index contributed by atoms with van der Waals surface area (Å²) in [7, 11) is 1.59. The van der Waals surface area contributed by atoms with Crippen molar-refractivity contribution >= 4 is 38.9 Å². The number of hydrogen-bond acceptors (Lipinski definition) is 7. The topological polar surface area (TPSA) is 102 Å². The molecule has 0 amide bonds. The third-order valence-electron chi connectivity index (χ3n) is 3.71. The molecule has 0 atom stereocenters. The van der Waals surface area contributed by atoms with Crippen LogP contribution in [0, 0.1) is 10.1 Å². The maximum absolute atomic E-state index is 11.6. The van der Waals surface area contributed by atoms with Crippen LogP contribution in [0.3, 0.4) is 0 Å². The van der Waals surface area contributed by atoms with Crippen molar-refractivity contribution < 1.29 is 9.66 Å². The Bertz CT molecular complexity index is 950. The number of nitro groups is 1. The number of hydrogen-bond donors (Lipinski definition) is 2. The minimum atomic E-state index is -0.503. The van der Waals surface area contributed by atoms with Crippen molar-refractivity contribution in [1.29, 1.82) is 0 Å². The molecule has 0 saturated heterocycles. The zero-order valence-corrected chi connectivity index (χ0v) is 15.9. The average molecular weight is 430 g/mol. The third kappa shape index (κ3) is 4.70. The van der Waals surface area contributed by atoms with Crippen molar-refractivity contribution in [2.45, 2.75) is 6.54 Å². The van der Waals surface area contributed by atoms with Crippen molar-refractivity contribution in [3.63, 3.8) is 0 Å². The number of benzene rings is 2. The van der Waals surface area contributed by atoms with Crippen LogP contribution < -0.4 is 15.4 Å². The zero-order chi connectivity index (χ0) is 19.2. The van der Waals surface area contributed by atoms with Crippen LogP contribution in [-0.2, 0) is 6.54 Å². The number of nitrogens with zero attached hydrogens (tertiary/aromatic N) is 3. The first-order chi connectivity index (χ1) is 13.1. The molecule has 3 aromatic rings. The molecule has 1 heterocycles. The first-order valence-corrected chi connectivity index (χ1v) is 8.75. The molecule has 3 rings (SSSR count). The number of nitrogens with one attached hydrogen (secondary N) is 2. The Morgan fingerprint density at radius 3 is 2.56 bits per heavy atom. The van der Waals surface area contributed by atoms with Crippen molar-refractivity contribution in [1.82, 2.24) is 9.97 Å². The molecule has 1 aromatic heterocycles. The van der Waals surface area contributed by atoms with Gasteiger partial charge in [0.15, 0.2) is 0 Å². The van der Waals surface area contributed by atoms with Crippen LogP contribution in [0.4, 0.5) is 23.0 Å². The van der Waals surface area contributed by atoms with E-state index in [0.29, 0.717) is 12.2 Å². The monoisotopic (exact) mass is 429 g/mol. The molecule has 0 spiro atoms. The second-order valence-corrected chi connectivity index (χ2v) is 6.43. The van der Waals surface area contributed by atoms with Crippen molar-refractivity contribution in [2.75, 3.05) is 17.7 Å². The van der Waals surface area contributed by atoms with Gasteiger partial charge in [0.1, 0.15) is 12.1 Å². The third-order valence-corrected chi connectivity index (χ3v) is 4.20. The molecule has 2 N–H and O–H groups in total. The van der Waals surface area contributed by atoms with E-state index < -0.39 is 4.92 Å². The number of ether oxygens (including phenoxy) is 1. The fourth-order valence-corrected chi connectivity index (χ4v) is 2.80. The molecule has 9 heteroatoms. The molecular formula is C18H16BrN5O3. The normalized spacial score (nSPS) is 10.3. The van der Waals surface area contributed by atoms with Crippen LogP contribution in [0.1, 0.15) is 5.56 Å². The van der Waals surface area contributed by atoms with E-state index in [1.807, 2.05) is 36.4 Å². The van der Waals surface area contributed by atoms with E-state index in [1.165, 1.54) is 6.33 Å². The van der Waals surface area contributed by atoms with Crippen molar-refractivity contribution in [2.24, 2.45) is 0 Å². The lowest BCUT2D eigenvalue weighted by Crippen LogP contribution is -2.08. The number of methoxy groups -OCH3 is 1. The van der Waals surface area contributed by atoms with Gasteiger partial charge in [0, 0.05) is 16.7 Å². The van der Waals surface area contributed by atoms with Crippen LogP contribution in [-0.4, -0.2) is 22.0 Å². The molecule has 0 fully saturated rings. The molecule has 0 unspecified atom stereocenters. The van der Waals surface area contributed by atoms with Gasteiger partial charge in [-0.2, -0.15) is 0 Å². The lowest BCUT2D eigenvalue weighted by atomic mass is 10.2. The van der Waals surface area contributed by atoms with Gasteiger partial charge in [-0.3, -0.25) is 10.1 Å². The van der Waals surface area contributed by atoms with E-state index >= 15 is 0 Å². The SMILES string of the molecule is COc1ccc(CNc2ncnc(Nc3cccc(Br)c3)c2[N+](=O)[O-])cc1. The predicted molar refractivity (Wildman–Crippen MR) is 106 cm³/mol. The Balaban J connectivity index is 1.83. The van der Waals surface area contributed by atoms with Gasteiger partial charge in [0.2, 0.25) is 11.6 Å². The van der Waals surface area contributed by atoms with Gasteiger partial charge in [-0.15, -0.1) is 0 Å². The number of aromatic nitrogens is 2. The Morgan fingerprint density at radius 2 is 1.89 bits per heavy atom. The predicted octanol–water partition coefficient (Wildman–Crippen LogP) is 4.51. The number of halogens is 1. The lowest BCUT2D eigenvalue weighted by Gasteiger charge is -2.10. The Hall–Kier alpha value is -3.20. The Morgan fingerprint density at radius 1 is 1.15 bits per heavy atom. The molecule has 2 aromatic carbocycles. The summed E-state index contributed by atoms with van der Waals surface area (Å²) in [5, 5.41) is 17.6. The summed E-state index contributed by atoms with van der Waals surface area (Å²) in [6, 6.07) is 14.7. The van der Waals surface area contributed by atoms with Gasteiger partial charge in [-0.1, -0.05) is 34.1 Å². The highest BCUT2D eigenvalue weighted by Crippen LogP contribution is 2.32. The van der Waals surface area contributed by atoms with Crippen molar-refractivity contribution in [3.05, 3.63) is 75.0 Å². The Labute approximate surface area is 163 Å². The highest BCUT2D eigenvalue weighted by atomic mass is 79.9. The van der Waals surface area contributed by atoms with Crippen molar-refractivity contribution in [3.8, 4) is 5.75 Å². The molecule has 0 bridgehead atoms. The molecule has 8 nitrogen and oxygen atoms in total. The van der Waals surface area contributed by atoms with Gasteiger partial charge in [0.25, 0.3) is 0 Å². The van der Waals surface area contributed by atoms with Gasteiger partial charge >= 0.3 is 5.69 Å². The van der Waals surface area contributed by atoms with Gasteiger partial charge in [-0.25, -0.2) is 9.97 Å². The molecule has 0 aliphatic heterocycles. The van der Waals surface area contributed by atoms with Crippen LogP contribution in [0.25, 0.3) is 0 Å². The maximum atomic E-state index is 11.6. The summed E-state index contributed by atoms with van der Waals surface area (Å²) < 4.78 is 5.97. The molecule has 27 heavy (non-hydrogen) atoms. The van der Waals surface area contributed by atoms with Crippen LogP contribution in [0.2, 0.25) is 0 Å². The summed E-state index contributed by atoms with van der Waals surface area (Å²) in [4.78, 5) is 19.2. The standard InChI is InChI=1S/C18H16BrN5O3/c1-27-15-7-5-12(6-8-15)10-20-17-16(24(25)26)18(22-11-21-17)23-14-4-2-3-13(19)9-14/h2-9,11H,10H2,1H3,(H2,20,21,22,23). The van der Waals surface area contributed by atoms with E-state index in [2.05, 4.69) is 36.5 Å². The molecule has 0 saturated carbocycles. The first kappa shape index (κ1) is 18.6. The number of rotatable bonds is 7. The minimum Gasteiger partial charge on any atom is -0.497 e. The highest BCUT2D eigenvalue weighted by molar-refractivity contribution is 9.10. The Kier molecular flexibility index (Phi) is 5.82. The summed E-state index contributed by atoms with van der Waals surface area (Å²) in [5.74, 6) is 1.00. The minimum absolute atomic E-state index is 0.116. The fourth-order valence-electron chi connectivity index (χ4n) is 2.40. The smallest absolute Gasteiger partial charge is 0.353 e. The average Bonchev–Trinajstić information content (AvgIpc) is 2.66. The zero-order valence-electron chi connectivity index (χ0n) is 14.3. The van der Waals surface area contributed by atoms with Gasteiger partial charge < -0.3 is 15.4 Å². The van der Waals surface area contributed by atoms with Crippen LogP contribution >= 0.6 is 15.9 Å². The van der Waals surface area contributed by atoms with E-state index in [4.69, 9.17) is 4.74 Å². The molecule has 0 aliphatic carbocycles. The van der Waals surface area contributed by atoms with E-state index in [1.54, 1.807) is 19.2 Å². The lowest BCUT2D eigenvalue weighted by molar-refractivity contribution is -0.383. The fraction of sp³-hybridized carbons (Fsp3) is 0.111. The summed E-state index contributed by atoms with van der Waals surface area (Å²) in [6.07, 6.45) is 1.28. The second-order valence-electron chi connectivity index (χ2n) is 5.51. The molecular weight excluding hydrogens is 414 g/mol. The maximum Gasteiger partial charge on any atom is 0.353 e. The quantitative estimate of drug-likeness (QED) is 0.420. The van der Waals surface area contributed by atoms with Crippen LogP contribution in [0.5, 0.6) is 5.75 Å².